The molecule has 1 N–H and O–H groups in total. The number of nitrogens with one attached hydrogen (secondary N) is 1. The van der Waals surface area contributed by atoms with Gasteiger partial charge in [-0.1, -0.05) is 19.1 Å². The standard InChI is InChI=1S/C22H26N4O2/c1-17-4-2-12-25(15-17)19-7-5-18(6-8-19)14-23-22(27)21-10-9-20(28-21)16-26-13-3-11-24-26/h3,5-11,13,17H,2,4,12,14-16H2,1H3,(H,23,27)/t17-/m1/s1. The molecule has 3 heterocycles. The predicted molar refractivity (Wildman–Crippen MR) is 108 cm³/mol. The lowest BCUT2D eigenvalue weighted by molar-refractivity contribution is 0.0921. The van der Waals surface area contributed by atoms with E-state index in [1.807, 2.05) is 18.3 Å². The Labute approximate surface area is 165 Å². The van der Waals surface area contributed by atoms with E-state index < -0.39 is 0 Å². The van der Waals surface area contributed by atoms with Crippen molar-refractivity contribution in [3.8, 4) is 0 Å². The Morgan fingerprint density at radius 2 is 2.11 bits per heavy atom. The summed E-state index contributed by atoms with van der Waals surface area (Å²) in [5, 5.41) is 7.06. The highest BCUT2D eigenvalue weighted by atomic mass is 16.4. The molecule has 1 aliphatic heterocycles. The summed E-state index contributed by atoms with van der Waals surface area (Å²) in [6.07, 6.45) is 6.14. The van der Waals surface area contributed by atoms with Gasteiger partial charge in [-0.25, -0.2) is 0 Å². The van der Waals surface area contributed by atoms with Crippen LogP contribution in [-0.4, -0.2) is 28.8 Å². The monoisotopic (exact) mass is 378 g/mol. The number of nitrogens with zero attached hydrogens (tertiary/aromatic N) is 3. The number of carbonyl (C=O) groups is 1. The molecule has 0 spiro atoms. The average Bonchev–Trinajstić information content (AvgIpc) is 3.39. The lowest BCUT2D eigenvalue weighted by Gasteiger charge is -2.32. The summed E-state index contributed by atoms with van der Waals surface area (Å²) in [7, 11) is 0. The van der Waals surface area contributed by atoms with Crippen LogP contribution in [0.5, 0.6) is 0 Å². The van der Waals surface area contributed by atoms with Crippen molar-refractivity contribution in [3.05, 3.63) is 71.9 Å². The van der Waals surface area contributed by atoms with Gasteiger partial charge in [0.25, 0.3) is 5.91 Å². The minimum Gasteiger partial charge on any atom is -0.454 e. The van der Waals surface area contributed by atoms with Gasteiger partial charge in [-0.2, -0.15) is 5.10 Å². The Bertz CT molecular complexity index is 899. The van der Waals surface area contributed by atoms with Gasteiger partial charge in [0.15, 0.2) is 5.76 Å². The van der Waals surface area contributed by atoms with Crippen LogP contribution in [0, 0.1) is 5.92 Å². The second kappa shape index (κ2) is 8.33. The molecule has 6 nitrogen and oxygen atoms in total. The molecule has 1 fully saturated rings. The van der Waals surface area contributed by atoms with E-state index in [4.69, 9.17) is 4.42 Å². The molecule has 0 radical (unpaired) electrons. The number of aromatic nitrogens is 2. The summed E-state index contributed by atoms with van der Waals surface area (Å²) >= 11 is 0. The summed E-state index contributed by atoms with van der Waals surface area (Å²) in [4.78, 5) is 14.8. The number of carbonyl (C=O) groups excluding carboxylic acids is 1. The molecule has 6 heteroatoms. The van der Waals surface area contributed by atoms with Gasteiger partial charge >= 0.3 is 0 Å². The van der Waals surface area contributed by atoms with Gasteiger partial charge in [0.2, 0.25) is 0 Å². The highest BCUT2D eigenvalue weighted by Crippen LogP contribution is 2.23. The summed E-state index contributed by atoms with van der Waals surface area (Å²) in [5.41, 5.74) is 2.33. The van der Waals surface area contributed by atoms with Crippen molar-refractivity contribution in [3.63, 3.8) is 0 Å². The maximum atomic E-state index is 12.3. The highest BCUT2D eigenvalue weighted by molar-refractivity contribution is 5.91. The molecule has 1 aliphatic rings. The molecular weight excluding hydrogens is 352 g/mol. The molecule has 1 aromatic carbocycles. The van der Waals surface area contributed by atoms with Crippen LogP contribution in [0.1, 0.15) is 41.6 Å². The molecule has 146 valence electrons. The molecule has 1 amide bonds. The molecule has 0 saturated carbocycles. The molecule has 2 aromatic heterocycles. The van der Waals surface area contributed by atoms with Crippen LogP contribution >= 0.6 is 0 Å². The van der Waals surface area contributed by atoms with Crippen molar-refractivity contribution < 1.29 is 9.21 Å². The van der Waals surface area contributed by atoms with E-state index in [0.717, 1.165) is 24.6 Å². The third kappa shape index (κ3) is 4.44. The quantitative estimate of drug-likeness (QED) is 0.711. The van der Waals surface area contributed by atoms with E-state index in [2.05, 4.69) is 46.5 Å². The molecule has 0 bridgehead atoms. The van der Waals surface area contributed by atoms with E-state index in [1.54, 1.807) is 16.9 Å². The fourth-order valence-corrected chi connectivity index (χ4v) is 3.66. The normalized spacial score (nSPS) is 16.9. The van der Waals surface area contributed by atoms with Gasteiger partial charge in [0.05, 0.1) is 6.54 Å². The topological polar surface area (TPSA) is 63.3 Å². The fourth-order valence-electron chi connectivity index (χ4n) is 3.66. The van der Waals surface area contributed by atoms with E-state index >= 15 is 0 Å². The van der Waals surface area contributed by atoms with Crippen LogP contribution in [0.2, 0.25) is 0 Å². The van der Waals surface area contributed by atoms with Crippen LogP contribution in [-0.2, 0) is 13.1 Å². The van der Waals surface area contributed by atoms with Gasteiger partial charge in [-0.3, -0.25) is 9.48 Å². The van der Waals surface area contributed by atoms with Crippen LogP contribution in [0.4, 0.5) is 5.69 Å². The Morgan fingerprint density at radius 3 is 2.86 bits per heavy atom. The van der Waals surface area contributed by atoms with Crippen LogP contribution in [0.25, 0.3) is 0 Å². The van der Waals surface area contributed by atoms with Crippen molar-refractivity contribution in [1.29, 1.82) is 0 Å². The largest absolute Gasteiger partial charge is 0.454 e. The molecule has 0 aliphatic carbocycles. The van der Waals surface area contributed by atoms with Gasteiger partial charge in [0.1, 0.15) is 5.76 Å². The van der Waals surface area contributed by atoms with E-state index in [9.17, 15) is 4.79 Å². The van der Waals surface area contributed by atoms with Gasteiger partial charge in [0, 0.05) is 37.7 Å². The summed E-state index contributed by atoms with van der Waals surface area (Å²) in [6.45, 7) is 5.54. The third-order valence-electron chi connectivity index (χ3n) is 5.17. The third-order valence-corrected chi connectivity index (χ3v) is 5.17. The van der Waals surface area contributed by atoms with Crippen LogP contribution in [0.15, 0.2) is 59.3 Å². The second-order valence-electron chi connectivity index (χ2n) is 7.51. The van der Waals surface area contributed by atoms with Crippen molar-refractivity contribution in [1.82, 2.24) is 15.1 Å². The molecule has 1 saturated heterocycles. The first-order valence-corrected chi connectivity index (χ1v) is 9.85. The van der Waals surface area contributed by atoms with Crippen molar-refractivity contribution in [2.24, 2.45) is 5.92 Å². The minimum atomic E-state index is -0.208. The van der Waals surface area contributed by atoms with E-state index in [-0.39, 0.29) is 5.91 Å². The smallest absolute Gasteiger partial charge is 0.287 e. The van der Waals surface area contributed by atoms with Gasteiger partial charge in [-0.15, -0.1) is 0 Å². The van der Waals surface area contributed by atoms with Gasteiger partial charge in [-0.05, 0) is 54.7 Å². The number of benzene rings is 1. The Kier molecular flexibility index (Phi) is 5.46. The average molecular weight is 378 g/mol. The summed E-state index contributed by atoms with van der Waals surface area (Å²) in [6, 6.07) is 13.8. The van der Waals surface area contributed by atoms with Crippen LogP contribution in [0.3, 0.4) is 0 Å². The number of hydrogen-bond acceptors (Lipinski definition) is 4. The fraction of sp³-hybridized carbons (Fsp3) is 0.364. The summed E-state index contributed by atoms with van der Waals surface area (Å²) in [5.74, 6) is 1.56. The maximum Gasteiger partial charge on any atom is 0.287 e. The first kappa shape index (κ1) is 18.3. The number of rotatable bonds is 6. The molecule has 28 heavy (non-hydrogen) atoms. The van der Waals surface area contributed by atoms with Crippen LogP contribution < -0.4 is 10.2 Å². The van der Waals surface area contributed by atoms with Crippen molar-refractivity contribution >= 4 is 11.6 Å². The molecule has 1 atom stereocenters. The molecule has 4 rings (SSSR count). The van der Waals surface area contributed by atoms with Crippen molar-refractivity contribution in [2.45, 2.75) is 32.9 Å². The Balaban J connectivity index is 1.30. The van der Waals surface area contributed by atoms with Crippen molar-refractivity contribution in [2.75, 3.05) is 18.0 Å². The van der Waals surface area contributed by atoms with E-state index in [0.29, 0.717) is 24.6 Å². The summed E-state index contributed by atoms with van der Waals surface area (Å²) < 4.78 is 7.39. The molecular formula is C22H26N4O2. The predicted octanol–water partition coefficient (Wildman–Crippen LogP) is 3.69. The van der Waals surface area contributed by atoms with E-state index in [1.165, 1.54) is 18.5 Å². The Hall–Kier alpha value is -3.02. The second-order valence-corrected chi connectivity index (χ2v) is 7.51. The molecule has 0 unspecified atom stereocenters. The lowest BCUT2D eigenvalue weighted by atomic mass is 9.99. The first-order valence-electron chi connectivity index (χ1n) is 9.85. The maximum absolute atomic E-state index is 12.3. The zero-order chi connectivity index (χ0) is 19.3. The van der Waals surface area contributed by atoms with Gasteiger partial charge < -0.3 is 14.6 Å². The first-order chi connectivity index (χ1) is 13.7. The number of amides is 1. The lowest BCUT2D eigenvalue weighted by Crippen LogP contribution is -2.34. The SMILES string of the molecule is C[C@@H]1CCCN(c2ccc(CNC(=O)c3ccc(Cn4cccn4)o3)cc2)C1. The highest BCUT2D eigenvalue weighted by Gasteiger charge is 2.16. The Morgan fingerprint density at radius 1 is 1.25 bits per heavy atom. The molecule has 3 aromatic rings. The number of furan rings is 1. The zero-order valence-corrected chi connectivity index (χ0v) is 16.2. The number of anilines is 1. The zero-order valence-electron chi connectivity index (χ0n) is 16.2. The minimum absolute atomic E-state index is 0.208. The number of piperidine rings is 1. The number of hydrogen-bond donors (Lipinski definition) is 1.